The average molecular weight is 304 g/mol. The molecule has 22 heavy (non-hydrogen) atoms. The Hall–Kier alpha value is -2.21. The topological polar surface area (TPSA) is 83.1 Å². The zero-order valence-electron chi connectivity index (χ0n) is 13.0. The SMILES string of the molecule is CCN(CC)CCc1c(C)c2ccc(N=O)c(O)c2oc1=O. The summed E-state index contributed by atoms with van der Waals surface area (Å²) in [6.07, 6.45) is 0.584. The molecule has 0 spiro atoms. The molecule has 0 saturated heterocycles. The van der Waals surface area contributed by atoms with Crippen molar-refractivity contribution >= 4 is 16.7 Å². The van der Waals surface area contributed by atoms with Gasteiger partial charge >= 0.3 is 5.63 Å². The van der Waals surface area contributed by atoms with Gasteiger partial charge in [-0.3, -0.25) is 0 Å². The third-order valence-electron chi connectivity index (χ3n) is 4.08. The number of hydrogen-bond acceptors (Lipinski definition) is 6. The summed E-state index contributed by atoms with van der Waals surface area (Å²) in [5.74, 6) is -0.386. The maximum absolute atomic E-state index is 12.2. The number of aromatic hydroxyl groups is 1. The minimum atomic E-state index is -0.476. The van der Waals surface area contributed by atoms with Crippen LogP contribution in [0.2, 0.25) is 0 Å². The molecule has 1 heterocycles. The largest absolute Gasteiger partial charge is 0.503 e. The molecule has 0 aliphatic heterocycles. The van der Waals surface area contributed by atoms with Gasteiger partial charge in [0.15, 0.2) is 17.0 Å². The Balaban J connectivity index is 2.50. The van der Waals surface area contributed by atoms with E-state index in [-0.39, 0.29) is 17.0 Å². The number of nitroso groups, excluding NO2 is 1. The lowest BCUT2D eigenvalue weighted by molar-refractivity contribution is 0.306. The van der Waals surface area contributed by atoms with E-state index in [0.29, 0.717) is 17.4 Å². The van der Waals surface area contributed by atoms with Crippen LogP contribution in [0.25, 0.3) is 11.0 Å². The van der Waals surface area contributed by atoms with Crippen molar-refractivity contribution in [2.24, 2.45) is 5.18 Å². The van der Waals surface area contributed by atoms with Gasteiger partial charge in [-0.05, 0) is 49.3 Å². The third-order valence-corrected chi connectivity index (χ3v) is 4.08. The molecule has 0 atom stereocenters. The molecule has 0 bridgehead atoms. The lowest BCUT2D eigenvalue weighted by Gasteiger charge is -2.18. The highest BCUT2D eigenvalue weighted by molar-refractivity contribution is 5.90. The first-order chi connectivity index (χ1) is 10.5. The molecule has 0 aliphatic carbocycles. The Morgan fingerprint density at radius 2 is 1.95 bits per heavy atom. The molecule has 2 rings (SSSR count). The fourth-order valence-corrected chi connectivity index (χ4v) is 2.60. The Labute approximate surface area is 128 Å². The standard InChI is InChI=1S/C16H20N2O4/c1-4-18(5-2)9-8-12-10(3)11-6-7-13(17-21)14(19)15(11)22-16(12)20/h6-7,19H,4-5,8-9H2,1-3H3. The van der Waals surface area contributed by atoms with Crippen molar-refractivity contribution in [1.82, 2.24) is 4.90 Å². The van der Waals surface area contributed by atoms with Crippen LogP contribution < -0.4 is 5.63 Å². The van der Waals surface area contributed by atoms with Gasteiger partial charge in [-0.1, -0.05) is 13.8 Å². The van der Waals surface area contributed by atoms with E-state index in [0.717, 1.165) is 25.2 Å². The van der Waals surface area contributed by atoms with Crippen molar-refractivity contribution < 1.29 is 9.52 Å². The maximum Gasteiger partial charge on any atom is 0.339 e. The smallest absolute Gasteiger partial charge is 0.339 e. The Bertz CT molecular complexity index is 748. The molecule has 0 unspecified atom stereocenters. The van der Waals surface area contributed by atoms with Crippen LogP contribution in [0.5, 0.6) is 5.75 Å². The van der Waals surface area contributed by atoms with E-state index in [2.05, 4.69) is 23.9 Å². The zero-order chi connectivity index (χ0) is 16.3. The Morgan fingerprint density at radius 1 is 1.27 bits per heavy atom. The van der Waals surface area contributed by atoms with Crippen molar-refractivity contribution in [2.75, 3.05) is 19.6 Å². The van der Waals surface area contributed by atoms with E-state index in [1.165, 1.54) is 6.07 Å². The second-order valence-electron chi connectivity index (χ2n) is 5.17. The number of nitrogens with zero attached hydrogens (tertiary/aromatic N) is 2. The monoisotopic (exact) mass is 304 g/mol. The molecule has 2 aromatic rings. The third kappa shape index (κ3) is 2.87. The van der Waals surface area contributed by atoms with Gasteiger partial charge in [0.1, 0.15) is 0 Å². The first-order valence-electron chi connectivity index (χ1n) is 7.37. The number of phenolic OH excluding ortho intramolecular Hbond substituents is 1. The summed E-state index contributed by atoms with van der Waals surface area (Å²) in [7, 11) is 0. The number of aryl methyl sites for hydroxylation is 1. The fourth-order valence-electron chi connectivity index (χ4n) is 2.60. The molecule has 1 N–H and O–H groups in total. The lowest BCUT2D eigenvalue weighted by atomic mass is 10.0. The van der Waals surface area contributed by atoms with E-state index < -0.39 is 5.63 Å². The van der Waals surface area contributed by atoms with Crippen LogP contribution in [0.4, 0.5) is 5.69 Å². The predicted octanol–water partition coefficient (Wildman–Crippen LogP) is 3.09. The predicted molar refractivity (Wildman–Crippen MR) is 85.8 cm³/mol. The summed E-state index contributed by atoms with van der Waals surface area (Å²) in [6, 6.07) is 3.07. The highest BCUT2D eigenvalue weighted by atomic mass is 16.4. The minimum absolute atomic E-state index is 0.0196. The molecule has 0 aliphatic rings. The minimum Gasteiger partial charge on any atom is -0.503 e. The van der Waals surface area contributed by atoms with Gasteiger partial charge in [-0.15, -0.1) is 4.91 Å². The number of likely N-dealkylation sites (N-methyl/N-ethyl adjacent to an activating group) is 1. The molecular weight excluding hydrogens is 284 g/mol. The van der Waals surface area contributed by atoms with E-state index in [1.54, 1.807) is 6.07 Å². The molecule has 0 radical (unpaired) electrons. The molecule has 0 fully saturated rings. The van der Waals surface area contributed by atoms with Gasteiger partial charge < -0.3 is 14.4 Å². The number of fused-ring (bicyclic) bond motifs is 1. The Kier molecular flexibility index (Phi) is 4.92. The summed E-state index contributed by atoms with van der Waals surface area (Å²) < 4.78 is 5.22. The summed E-state index contributed by atoms with van der Waals surface area (Å²) in [5.41, 5.74) is 0.782. The second-order valence-corrected chi connectivity index (χ2v) is 5.17. The number of hydrogen-bond donors (Lipinski definition) is 1. The molecule has 6 heteroatoms. The van der Waals surface area contributed by atoms with Gasteiger partial charge in [0.2, 0.25) is 0 Å². The van der Waals surface area contributed by atoms with Crippen LogP contribution in [0.15, 0.2) is 26.5 Å². The van der Waals surface area contributed by atoms with Crippen LogP contribution >= 0.6 is 0 Å². The molecule has 6 nitrogen and oxygen atoms in total. The van der Waals surface area contributed by atoms with Gasteiger partial charge in [-0.2, -0.15) is 0 Å². The molecule has 0 saturated carbocycles. The molecule has 118 valence electrons. The zero-order valence-corrected chi connectivity index (χ0v) is 13.0. The van der Waals surface area contributed by atoms with Gasteiger partial charge in [0.05, 0.1) is 0 Å². The maximum atomic E-state index is 12.2. The van der Waals surface area contributed by atoms with E-state index in [9.17, 15) is 14.8 Å². The molecule has 0 amide bonds. The van der Waals surface area contributed by atoms with Crippen LogP contribution in [0.3, 0.4) is 0 Å². The summed E-state index contributed by atoms with van der Waals surface area (Å²) in [4.78, 5) is 25.0. The van der Waals surface area contributed by atoms with Crippen LogP contribution in [-0.4, -0.2) is 29.6 Å². The van der Waals surface area contributed by atoms with Crippen molar-refractivity contribution in [3.05, 3.63) is 38.6 Å². The lowest BCUT2D eigenvalue weighted by Crippen LogP contribution is -2.27. The highest BCUT2D eigenvalue weighted by Gasteiger charge is 2.17. The van der Waals surface area contributed by atoms with E-state index >= 15 is 0 Å². The van der Waals surface area contributed by atoms with Crippen LogP contribution in [-0.2, 0) is 6.42 Å². The number of phenols is 1. The summed E-state index contributed by atoms with van der Waals surface area (Å²) in [5, 5.41) is 13.3. The van der Waals surface area contributed by atoms with Crippen molar-refractivity contribution in [3.63, 3.8) is 0 Å². The van der Waals surface area contributed by atoms with Gasteiger partial charge in [0, 0.05) is 17.5 Å². The van der Waals surface area contributed by atoms with Gasteiger partial charge in [-0.25, -0.2) is 4.79 Å². The number of benzene rings is 1. The van der Waals surface area contributed by atoms with Crippen molar-refractivity contribution in [2.45, 2.75) is 27.2 Å². The number of rotatable bonds is 6. The van der Waals surface area contributed by atoms with Crippen molar-refractivity contribution in [1.29, 1.82) is 0 Å². The van der Waals surface area contributed by atoms with Crippen LogP contribution in [0.1, 0.15) is 25.0 Å². The Morgan fingerprint density at radius 3 is 2.55 bits per heavy atom. The fraction of sp³-hybridized carbons (Fsp3) is 0.438. The molecule has 1 aromatic carbocycles. The molecular formula is C16H20N2O4. The first kappa shape index (κ1) is 16.2. The quantitative estimate of drug-likeness (QED) is 0.655. The second kappa shape index (κ2) is 6.70. The molecule has 1 aromatic heterocycles. The van der Waals surface area contributed by atoms with E-state index in [1.807, 2.05) is 6.92 Å². The summed E-state index contributed by atoms with van der Waals surface area (Å²) >= 11 is 0. The normalized spacial score (nSPS) is 11.3. The van der Waals surface area contributed by atoms with Gasteiger partial charge in [0.25, 0.3) is 0 Å². The van der Waals surface area contributed by atoms with Crippen LogP contribution in [0, 0.1) is 11.8 Å². The first-order valence-corrected chi connectivity index (χ1v) is 7.37. The average Bonchev–Trinajstić information content (AvgIpc) is 2.52. The van der Waals surface area contributed by atoms with Crippen molar-refractivity contribution in [3.8, 4) is 5.75 Å². The highest BCUT2D eigenvalue weighted by Crippen LogP contribution is 2.35. The van der Waals surface area contributed by atoms with E-state index in [4.69, 9.17) is 4.42 Å². The summed E-state index contributed by atoms with van der Waals surface area (Å²) in [6.45, 7) is 8.58.